The van der Waals surface area contributed by atoms with Gasteiger partial charge < -0.3 is 4.52 Å². The van der Waals surface area contributed by atoms with Crippen LogP contribution in [-0.2, 0) is 16.8 Å². The lowest BCUT2D eigenvalue weighted by molar-refractivity contribution is -0.132. The van der Waals surface area contributed by atoms with Crippen LogP contribution < -0.4 is 0 Å². The Hall–Kier alpha value is -2.64. The van der Waals surface area contributed by atoms with Gasteiger partial charge in [-0.2, -0.15) is 10.1 Å². The van der Waals surface area contributed by atoms with Gasteiger partial charge in [-0.05, 0) is 30.5 Å². The average Bonchev–Trinajstić information content (AvgIpc) is 3.27. The minimum Gasteiger partial charge on any atom is -0.333 e. The van der Waals surface area contributed by atoms with Crippen molar-refractivity contribution >= 4 is 11.6 Å². The Morgan fingerprint density at radius 2 is 1.96 bits per heavy atom. The summed E-state index contributed by atoms with van der Waals surface area (Å²) in [6, 6.07) is 5.89. The predicted octanol–water partition coefficient (Wildman–Crippen LogP) is 2.74. The molecule has 0 radical (unpaired) electrons. The van der Waals surface area contributed by atoms with Crippen LogP contribution in [0, 0.1) is 5.82 Å². The van der Waals surface area contributed by atoms with Gasteiger partial charge in [0.05, 0.1) is 12.0 Å². The van der Waals surface area contributed by atoms with E-state index in [2.05, 4.69) is 15.2 Å². The van der Waals surface area contributed by atoms with Crippen LogP contribution in [0.4, 0.5) is 8.78 Å². The molecule has 0 unspecified atom stereocenters. The Labute approximate surface area is 142 Å². The lowest BCUT2D eigenvalue weighted by Crippen LogP contribution is -2.31. The van der Waals surface area contributed by atoms with Crippen molar-refractivity contribution in [1.29, 1.82) is 0 Å². The molecule has 0 atom stereocenters. The monoisotopic (exact) mass is 346 g/mol. The van der Waals surface area contributed by atoms with Crippen molar-refractivity contribution in [3.05, 3.63) is 47.4 Å². The molecule has 0 spiro atoms. The number of benzene rings is 1. The number of carbonyl (C=O) groups excluding carboxylic acids is 1. The van der Waals surface area contributed by atoms with E-state index >= 15 is 0 Å². The Kier molecular flexibility index (Phi) is 3.82. The highest BCUT2D eigenvalue weighted by molar-refractivity contribution is 6.00. The van der Waals surface area contributed by atoms with Crippen molar-refractivity contribution in [3.63, 3.8) is 0 Å². The number of carbonyl (C=O) groups is 1. The maximum absolute atomic E-state index is 13.1. The van der Waals surface area contributed by atoms with Gasteiger partial charge in [-0.25, -0.2) is 13.8 Å². The highest BCUT2D eigenvalue weighted by atomic mass is 19.1. The minimum absolute atomic E-state index is 0.129. The Morgan fingerprint density at radius 3 is 2.64 bits per heavy atom. The molecule has 2 aliphatic rings. The fourth-order valence-corrected chi connectivity index (χ4v) is 2.77. The molecule has 6 nitrogen and oxygen atoms in total. The fourth-order valence-electron chi connectivity index (χ4n) is 2.77. The summed E-state index contributed by atoms with van der Waals surface area (Å²) in [6.45, 7) is -0.272. The van der Waals surface area contributed by atoms with Crippen molar-refractivity contribution in [2.45, 2.75) is 37.6 Å². The van der Waals surface area contributed by atoms with E-state index in [9.17, 15) is 13.6 Å². The molecule has 1 aliphatic carbocycles. The molecule has 130 valence electrons. The highest BCUT2D eigenvalue weighted by Gasteiger charge is 2.49. The standard InChI is InChI=1S/C17H16F2N4O2/c18-10-17(7-8-17)16-20-15(25-22-16)13-5-6-14(24)23(21-13)9-11-1-3-12(19)4-2-11/h1-4H,5-10H2. The molecule has 0 N–H and O–H groups in total. The molecule has 1 fully saturated rings. The zero-order valence-electron chi connectivity index (χ0n) is 13.4. The second-order valence-corrected chi connectivity index (χ2v) is 6.46. The van der Waals surface area contributed by atoms with Gasteiger partial charge in [0.2, 0.25) is 5.91 Å². The molecule has 1 amide bonds. The molecule has 0 saturated heterocycles. The summed E-state index contributed by atoms with van der Waals surface area (Å²) >= 11 is 0. The molecule has 1 aliphatic heterocycles. The maximum Gasteiger partial charge on any atom is 0.274 e. The topological polar surface area (TPSA) is 71.6 Å². The zero-order chi connectivity index (χ0) is 17.4. The average molecular weight is 346 g/mol. The smallest absolute Gasteiger partial charge is 0.274 e. The lowest BCUT2D eigenvalue weighted by Gasteiger charge is -2.22. The summed E-state index contributed by atoms with van der Waals surface area (Å²) in [5.41, 5.74) is 0.677. The summed E-state index contributed by atoms with van der Waals surface area (Å²) in [5.74, 6) is 0.134. The SMILES string of the molecule is O=C1CCC(c2nc(C3(CF)CC3)no2)=NN1Cc1ccc(F)cc1. The van der Waals surface area contributed by atoms with Gasteiger partial charge in [-0.3, -0.25) is 4.79 Å². The first kappa shape index (κ1) is 15.9. The second kappa shape index (κ2) is 6.02. The van der Waals surface area contributed by atoms with Crippen molar-refractivity contribution in [3.8, 4) is 0 Å². The van der Waals surface area contributed by atoms with E-state index in [1.54, 1.807) is 12.1 Å². The number of rotatable bonds is 5. The molecular weight excluding hydrogens is 330 g/mol. The second-order valence-electron chi connectivity index (χ2n) is 6.46. The van der Waals surface area contributed by atoms with E-state index in [4.69, 9.17) is 4.52 Å². The highest BCUT2D eigenvalue weighted by Crippen LogP contribution is 2.47. The summed E-state index contributed by atoms with van der Waals surface area (Å²) in [7, 11) is 0. The third kappa shape index (κ3) is 3.04. The van der Waals surface area contributed by atoms with Gasteiger partial charge in [0.1, 0.15) is 18.2 Å². The Bertz CT molecular complexity index is 827. The van der Waals surface area contributed by atoms with Crippen molar-refractivity contribution in [1.82, 2.24) is 15.1 Å². The van der Waals surface area contributed by atoms with Crippen LogP contribution in [0.2, 0.25) is 0 Å². The molecule has 1 aromatic heterocycles. The number of hydrazone groups is 1. The summed E-state index contributed by atoms with van der Waals surface area (Å²) in [6.07, 6.45) is 2.09. The van der Waals surface area contributed by atoms with Gasteiger partial charge in [0.15, 0.2) is 5.82 Å². The molecule has 2 aromatic rings. The Balaban J connectivity index is 1.55. The van der Waals surface area contributed by atoms with Gasteiger partial charge in [0, 0.05) is 12.8 Å². The van der Waals surface area contributed by atoms with E-state index in [1.807, 2.05) is 0 Å². The van der Waals surface area contributed by atoms with Crippen molar-refractivity contribution < 1.29 is 18.1 Å². The lowest BCUT2D eigenvalue weighted by atomic mass is 10.1. The van der Waals surface area contributed by atoms with Gasteiger partial charge in [-0.1, -0.05) is 17.3 Å². The molecule has 4 rings (SSSR count). The number of aromatic nitrogens is 2. The summed E-state index contributed by atoms with van der Waals surface area (Å²) in [5, 5.41) is 9.51. The van der Waals surface area contributed by atoms with Crippen LogP contribution in [0.25, 0.3) is 0 Å². The van der Waals surface area contributed by atoms with Gasteiger partial charge in [0.25, 0.3) is 5.89 Å². The summed E-state index contributed by atoms with van der Waals surface area (Å²) < 4.78 is 31.4. The number of hydrogen-bond donors (Lipinski definition) is 0. The number of nitrogens with zero attached hydrogens (tertiary/aromatic N) is 4. The third-order valence-electron chi connectivity index (χ3n) is 4.61. The third-order valence-corrected chi connectivity index (χ3v) is 4.61. The predicted molar refractivity (Wildman–Crippen MR) is 83.9 cm³/mol. The molecular formula is C17H16F2N4O2. The van der Waals surface area contributed by atoms with E-state index in [0.29, 0.717) is 30.8 Å². The molecule has 25 heavy (non-hydrogen) atoms. The van der Waals surface area contributed by atoms with E-state index in [-0.39, 0.29) is 30.6 Å². The molecule has 1 saturated carbocycles. The fraction of sp³-hybridized carbons (Fsp3) is 0.412. The number of halogens is 2. The first-order valence-corrected chi connectivity index (χ1v) is 8.12. The number of alkyl halides is 1. The first-order valence-electron chi connectivity index (χ1n) is 8.12. The van der Waals surface area contributed by atoms with Gasteiger partial charge >= 0.3 is 0 Å². The van der Waals surface area contributed by atoms with Crippen molar-refractivity contribution in [2.24, 2.45) is 5.10 Å². The largest absolute Gasteiger partial charge is 0.333 e. The first-order chi connectivity index (χ1) is 12.1. The van der Waals surface area contributed by atoms with Crippen LogP contribution in [-0.4, -0.2) is 33.4 Å². The molecule has 0 bridgehead atoms. The number of hydrogen-bond acceptors (Lipinski definition) is 5. The number of amides is 1. The minimum atomic E-state index is -0.597. The zero-order valence-corrected chi connectivity index (χ0v) is 13.4. The molecule has 8 heteroatoms. The quantitative estimate of drug-likeness (QED) is 0.835. The summed E-state index contributed by atoms with van der Waals surface area (Å²) in [4.78, 5) is 16.4. The van der Waals surface area contributed by atoms with Gasteiger partial charge in [-0.15, -0.1) is 0 Å². The maximum atomic E-state index is 13.1. The van der Waals surface area contributed by atoms with Crippen LogP contribution in [0.15, 0.2) is 33.9 Å². The van der Waals surface area contributed by atoms with Crippen LogP contribution in [0.5, 0.6) is 0 Å². The van der Waals surface area contributed by atoms with E-state index < -0.39 is 12.1 Å². The normalized spacial score (nSPS) is 19.0. The Morgan fingerprint density at radius 1 is 1.20 bits per heavy atom. The molecule has 1 aromatic carbocycles. The van der Waals surface area contributed by atoms with Crippen LogP contribution in [0.1, 0.15) is 43.0 Å². The van der Waals surface area contributed by atoms with Crippen LogP contribution in [0.3, 0.4) is 0 Å². The van der Waals surface area contributed by atoms with Crippen LogP contribution >= 0.6 is 0 Å². The van der Waals surface area contributed by atoms with E-state index in [1.165, 1.54) is 17.1 Å². The van der Waals surface area contributed by atoms with Crippen molar-refractivity contribution in [2.75, 3.05) is 6.67 Å². The van der Waals surface area contributed by atoms with E-state index in [0.717, 1.165) is 5.56 Å². The molecule has 2 heterocycles.